The molecule has 0 saturated carbocycles. The predicted octanol–water partition coefficient (Wildman–Crippen LogP) is 3.76. The first-order chi connectivity index (χ1) is 10.0. The van der Waals surface area contributed by atoms with Crippen LogP contribution in [0.25, 0.3) is 0 Å². The van der Waals surface area contributed by atoms with Crippen molar-refractivity contribution in [2.45, 2.75) is 25.8 Å². The van der Waals surface area contributed by atoms with Crippen LogP contribution in [0, 0.1) is 11.6 Å². The van der Waals surface area contributed by atoms with Gasteiger partial charge in [-0.2, -0.15) is 0 Å². The Labute approximate surface area is 130 Å². The number of nitrogens with zero attached hydrogens (tertiary/aromatic N) is 1. The monoisotopic (exact) mass is 362 g/mol. The number of likely N-dealkylation sites (tertiary alicyclic amines) is 1. The lowest BCUT2D eigenvalue weighted by Crippen LogP contribution is -2.42. The molecule has 7 heteroatoms. The molecule has 1 aromatic rings. The average Bonchev–Trinajstić information content (AvgIpc) is 2.46. The second-order valence-corrected chi connectivity index (χ2v) is 5.71. The molecule has 0 atom stereocenters. The first-order valence-electron chi connectivity index (χ1n) is 6.84. The first kappa shape index (κ1) is 16.0. The van der Waals surface area contributed by atoms with Crippen LogP contribution in [0.5, 0.6) is 0 Å². The standard InChI is InChI=1S/C14H17BrF2N2O2/c1-2-21-14(20)19-5-3-9(4-6-19)18-13-8-11(16)10(15)7-12(13)17/h7-9,18H,2-6H2,1H3. The summed E-state index contributed by atoms with van der Waals surface area (Å²) in [6, 6.07) is 2.24. The highest BCUT2D eigenvalue weighted by Crippen LogP contribution is 2.25. The van der Waals surface area contributed by atoms with Gasteiger partial charge in [0.2, 0.25) is 0 Å². The Balaban J connectivity index is 1.92. The summed E-state index contributed by atoms with van der Waals surface area (Å²) in [5, 5.41) is 2.99. The highest BCUT2D eigenvalue weighted by Gasteiger charge is 2.24. The summed E-state index contributed by atoms with van der Waals surface area (Å²) in [5.74, 6) is -1.01. The summed E-state index contributed by atoms with van der Waals surface area (Å²) in [7, 11) is 0. The van der Waals surface area contributed by atoms with Crippen LogP contribution in [-0.4, -0.2) is 36.7 Å². The van der Waals surface area contributed by atoms with Gasteiger partial charge in [-0.25, -0.2) is 13.6 Å². The van der Waals surface area contributed by atoms with Gasteiger partial charge in [0.05, 0.1) is 16.8 Å². The van der Waals surface area contributed by atoms with Gasteiger partial charge in [0.15, 0.2) is 0 Å². The van der Waals surface area contributed by atoms with Crippen molar-refractivity contribution < 1.29 is 18.3 Å². The molecule has 1 aliphatic rings. The fourth-order valence-corrected chi connectivity index (χ4v) is 2.59. The van der Waals surface area contributed by atoms with E-state index in [1.54, 1.807) is 11.8 Å². The Morgan fingerprint density at radius 2 is 2.05 bits per heavy atom. The number of rotatable bonds is 3. The number of anilines is 1. The van der Waals surface area contributed by atoms with Gasteiger partial charge in [-0.15, -0.1) is 0 Å². The lowest BCUT2D eigenvalue weighted by atomic mass is 10.0. The Kier molecular flexibility index (Phi) is 5.39. The zero-order chi connectivity index (χ0) is 15.4. The Morgan fingerprint density at radius 1 is 1.38 bits per heavy atom. The van der Waals surface area contributed by atoms with Crippen LogP contribution in [-0.2, 0) is 4.74 Å². The van der Waals surface area contributed by atoms with Crippen LogP contribution < -0.4 is 5.32 Å². The molecule has 116 valence electrons. The van der Waals surface area contributed by atoms with Crippen molar-refractivity contribution in [1.29, 1.82) is 0 Å². The Morgan fingerprint density at radius 3 is 2.67 bits per heavy atom. The normalized spacial score (nSPS) is 15.9. The van der Waals surface area contributed by atoms with Crippen molar-refractivity contribution >= 4 is 27.7 Å². The molecular weight excluding hydrogens is 346 g/mol. The van der Waals surface area contributed by atoms with E-state index in [-0.39, 0.29) is 22.3 Å². The number of ether oxygens (including phenoxy) is 1. The molecule has 1 aromatic carbocycles. The molecule has 2 rings (SSSR count). The molecule has 1 amide bonds. The number of carbonyl (C=O) groups excluding carboxylic acids is 1. The SMILES string of the molecule is CCOC(=O)N1CCC(Nc2cc(F)c(Br)cc2F)CC1. The first-order valence-corrected chi connectivity index (χ1v) is 7.63. The van der Waals surface area contributed by atoms with Crippen LogP contribution >= 0.6 is 15.9 Å². The van der Waals surface area contributed by atoms with Gasteiger partial charge in [0, 0.05) is 25.2 Å². The van der Waals surface area contributed by atoms with Crippen molar-refractivity contribution in [3.05, 3.63) is 28.2 Å². The predicted molar refractivity (Wildman–Crippen MR) is 79.3 cm³/mol. The molecule has 1 heterocycles. The van der Waals surface area contributed by atoms with Crippen LogP contribution in [0.3, 0.4) is 0 Å². The number of nitrogens with one attached hydrogen (secondary N) is 1. The Hall–Kier alpha value is -1.37. The zero-order valence-corrected chi connectivity index (χ0v) is 13.3. The van der Waals surface area contributed by atoms with Crippen LogP contribution in [0.4, 0.5) is 19.3 Å². The summed E-state index contributed by atoms with van der Waals surface area (Å²) >= 11 is 2.94. The van der Waals surface area contributed by atoms with E-state index < -0.39 is 11.6 Å². The molecule has 1 N–H and O–H groups in total. The van der Waals surface area contributed by atoms with E-state index >= 15 is 0 Å². The van der Waals surface area contributed by atoms with E-state index in [1.807, 2.05) is 0 Å². The van der Waals surface area contributed by atoms with Crippen LogP contribution in [0.1, 0.15) is 19.8 Å². The van der Waals surface area contributed by atoms with Gasteiger partial charge in [0.1, 0.15) is 11.6 Å². The molecule has 21 heavy (non-hydrogen) atoms. The lowest BCUT2D eigenvalue weighted by Gasteiger charge is -2.32. The van der Waals surface area contributed by atoms with Gasteiger partial charge in [-0.05, 0) is 41.8 Å². The second-order valence-electron chi connectivity index (χ2n) is 4.85. The maximum absolute atomic E-state index is 13.7. The van der Waals surface area contributed by atoms with Crippen LogP contribution in [0.15, 0.2) is 16.6 Å². The molecule has 4 nitrogen and oxygen atoms in total. The summed E-state index contributed by atoms with van der Waals surface area (Å²) in [5.41, 5.74) is 0.144. The van der Waals surface area contributed by atoms with E-state index in [2.05, 4.69) is 21.2 Å². The molecule has 1 aliphatic heterocycles. The third-order valence-electron chi connectivity index (χ3n) is 3.39. The molecule has 0 aliphatic carbocycles. The fraction of sp³-hybridized carbons (Fsp3) is 0.500. The zero-order valence-electron chi connectivity index (χ0n) is 11.7. The largest absolute Gasteiger partial charge is 0.450 e. The quantitative estimate of drug-likeness (QED) is 0.832. The topological polar surface area (TPSA) is 41.6 Å². The summed E-state index contributed by atoms with van der Waals surface area (Å²) in [6.07, 6.45) is 1.00. The average molecular weight is 363 g/mol. The smallest absolute Gasteiger partial charge is 0.409 e. The van der Waals surface area contributed by atoms with Gasteiger partial charge >= 0.3 is 6.09 Å². The second kappa shape index (κ2) is 7.06. The maximum Gasteiger partial charge on any atom is 0.409 e. The van der Waals surface area contributed by atoms with Crippen molar-refractivity contribution in [3.8, 4) is 0 Å². The van der Waals surface area contributed by atoms with E-state index in [4.69, 9.17) is 4.74 Å². The lowest BCUT2D eigenvalue weighted by molar-refractivity contribution is 0.0983. The number of carbonyl (C=O) groups is 1. The van der Waals surface area contributed by atoms with Crippen LogP contribution in [0.2, 0.25) is 0 Å². The van der Waals surface area contributed by atoms with Crippen molar-refractivity contribution in [3.63, 3.8) is 0 Å². The number of benzene rings is 1. The minimum Gasteiger partial charge on any atom is -0.450 e. The van der Waals surface area contributed by atoms with Crippen molar-refractivity contribution in [1.82, 2.24) is 4.90 Å². The third kappa shape index (κ3) is 4.06. The summed E-state index contributed by atoms with van der Waals surface area (Å²) in [4.78, 5) is 13.2. The van der Waals surface area contributed by atoms with Crippen molar-refractivity contribution in [2.24, 2.45) is 0 Å². The van der Waals surface area contributed by atoms with E-state index in [1.165, 1.54) is 0 Å². The highest BCUT2D eigenvalue weighted by molar-refractivity contribution is 9.10. The number of piperidine rings is 1. The number of hydrogen-bond acceptors (Lipinski definition) is 3. The van der Waals surface area contributed by atoms with E-state index in [0.717, 1.165) is 12.1 Å². The third-order valence-corrected chi connectivity index (χ3v) is 4.00. The van der Waals surface area contributed by atoms with Crippen molar-refractivity contribution in [2.75, 3.05) is 25.0 Å². The minimum atomic E-state index is -0.511. The molecular formula is C14H17BrF2N2O2. The minimum absolute atomic E-state index is 0.00533. The summed E-state index contributed by atoms with van der Waals surface area (Å²) < 4.78 is 32.2. The van der Waals surface area contributed by atoms with Gasteiger partial charge in [-0.1, -0.05) is 0 Å². The van der Waals surface area contributed by atoms with E-state index in [0.29, 0.717) is 32.5 Å². The molecule has 0 unspecified atom stereocenters. The van der Waals surface area contributed by atoms with Gasteiger partial charge in [-0.3, -0.25) is 0 Å². The molecule has 1 saturated heterocycles. The maximum atomic E-state index is 13.7. The number of amides is 1. The molecule has 0 aromatic heterocycles. The number of halogens is 3. The van der Waals surface area contributed by atoms with Gasteiger partial charge in [0.25, 0.3) is 0 Å². The fourth-order valence-electron chi connectivity index (χ4n) is 2.27. The number of hydrogen-bond donors (Lipinski definition) is 1. The summed E-state index contributed by atoms with van der Waals surface area (Å²) in [6.45, 7) is 3.19. The molecule has 1 fully saturated rings. The molecule has 0 bridgehead atoms. The highest BCUT2D eigenvalue weighted by atomic mass is 79.9. The molecule has 0 radical (unpaired) electrons. The Bertz CT molecular complexity index is 520. The van der Waals surface area contributed by atoms with Gasteiger partial charge < -0.3 is 15.0 Å². The van der Waals surface area contributed by atoms with E-state index in [9.17, 15) is 13.6 Å². The molecule has 0 spiro atoms.